The molecule has 2 aromatic rings. The van der Waals surface area contributed by atoms with E-state index in [1.165, 1.54) is 0 Å². The zero-order chi connectivity index (χ0) is 18.8. The van der Waals surface area contributed by atoms with E-state index < -0.39 is 0 Å². The molecule has 0 fully saturated rings. The fraction of sp³-hybridized carbons (Fsp3) is 0.444. The molecule has 0 atom stereocenters. The number of nitrogens with zero attached hydrogens (tertiary/aromatic N) is 2. The molecule has 0 radical (unpaired) electrons. The summed E-state index contributed by atoms with van der Waals surface area (Å²) >= 11 is 0. The number of methoxy groups -OCH3 is 2. The maximum absolute atomic E-state index is 5.90. The van der Waals surface area contributed by atoms with E-state index in [2.05, 4.69) is 20.6 Å². The molecule has 8 nitrogen and oxygen atoms in total. The van der Waals surface area contributed by atoms with Crippen molar-refractivity contribution in [1.29, 1.82) is 0 Å². The highest BCUT2D eigenvalue weighted by atomic mass is 35.5. The zero-order valence-electron chi connectivity index (χ0n) is 16.2. The van der Waals surface area contributed by atoms with Crippen molar-refractivity contribution in [2.45, 2.75) is 25.7 Å². The number of hydrogen-bond acceptors (Lipinski definition) is 8. The summed E-state index contributed by atoms with van der Waals surface area (Å²) in [4.78, 5) is 8.59. The molecule has 2 heterocycles. The highest BCUT2D eigenvalue weighted by Gasteiger charge is 2.04. The number of halogens is 2. The first kappa shape index (κ1) is 25.7. The molecule has 158 valence electrons. The maximum Gasteiger partial charge on any atom is 0.215 e. The van der Waals surface area contributed by atoms with Gasteiger partial charge in [0.2, 0.25) is 11.8 Å². The fourth-order valence-electron chi connectivity index (χ4n) is 2.43. The lowest BCUT2D eigenvalue weighted by atomic mass is 10.2. The Hall–Kier alpha value is -2.32. The van der Waals surface area contributed by atoms with Gasteiger partial charge in [-0.3, -0.25) is 0 Å². The van der Waals surface area contributed by atoms with E-state index >= 15 is 0 Å². The largest absolute Gasteiger partial charge is 0.481 e. The molecule has 0 saturated heterocycles. The highest BCUT2D eigenvalue weighted by Crippen LogP contribution is 2.20. The Morgan fingerprint density at radius 1 is 0.714 bits per heavy atom. The van der Waals surface area contributed by atoms with Crippen molar-refractivity contribution in [3.05, 3.63) is 24.3 Å². The minimum absolute atomic E-state index is 0. The lowest BCUT2D eigenvalue weighted by Crippen LogP contribution is -2.08. The van der Waals surface area contributed by atoms with E-state index in [9.17, 15) is 0 Å². The monoisotopic (exact) mass is 432 g/mol. The summed E-state index contributed by atoms with van der Waals surface area (Å²) in [5, 5.41) is 6.50. The van der Waals surface area contributed by atoms with Crippen LogP contribution in [0.25, 0.3) is 0 Å². The zero-order valence-corrected chi connectivity index (χ0v) is 17.9. The van der Waals surface area contributed by atoms with E-state index in [-0.39, 0.29) is 24.8 Å². The molecule has 2 aromatic heterocycles. The number of pyridine rings is 2. The molecule has 0 saturated carbocycles. The van der Waals surface area contributed by atoms with Gasteiger partial charge < -0.3 is 31.6 Å². The van der Waals surface area contributed by atoms with Crippen LogP contribution in [0.15, 0.2) is 24.3 Å². The molecule has 0 spiro atoms. The van der Waals surface area contributed by atoms with Gasteiger partial charge in [0.25, 0.3) is 0 Å². The van der Waals surface area contributed by atoms with Crippen molar-refractivity contribution in [3.63, 3.8) is 0 Å². The highest BCUT2D eigenvalue weighted by molar-refractivity contribution is 5.85. The maximum atomic E-state index is 5.90. The van der Waals surface area contributed by atoms with Crippen molar-refractivity contribution in [1.82, 2.24) is 9.97 Å². The lowest BCUT2D eigenvalue weighted by molar-refractivity contribution is 0.398. The molecule has 0 bridgehead atoms. The molecular weight excluding hydrogens is 403 g/mol. The second-order valence-corrected chi connectivity index (χ2v) is 5.85. The second-order valence-electron chi connectivity index (χ2n) is 5.85. The smallest absolute Gasteiger partial charge is 0.215 e. The Bertz CT molecular complexity index is 646. The number of rotatable bonds is 11. The van der Waals surface area contributed by atoms with Crippen LogP contribution in [0.2, 0.25) is 0 Å². The summed E-state index contributed by atoms with van der Waals surface area (Å²) in [7, 11) is 3.18. The molecule has 0 aliphatic rings. The van der Waals surface area contributed by atoms with Gasteiger partial charge in [-0.15, -0.1) is 24.8 Å². The third-order valence-corrected chi connectivity index (χ3v) is 3.91. The minimum Gasteiger partial charge on any atom is -0.481 e. The molecule has 0 aliphatic heterocycles. The van der Waals surface area contributed by atoms with Gasteiger partial charge in [-0.2, -0.15) is 9.97 Å². The van der Waals surface area contributed by atoms with Crippen molar-refractivity contribution < 1.29 is 9.47 Å². The molecule has 0 unspecified atom stereocenters. The average molecular weight is 433 g/mol. The number of aromatic nitrogens is 2. The molecule has 28 heavy (non-hydrogen) atoms. The normalized spacial score (nSPS) is 9.64. The predicted molar refractivity (Wildman–Crippen MR) is 120 cm³/mol. The lowest BCUT2D eigenvalue weighted by Gasteiger charge is -2.10. The van der Waals surface area contributed by atoms with E-state index in [4.69, 9.17) is 20.9 Å². The van der Waals surface area contributed by atoms with Gasteiger partial charge in [0.05, 0.1) is 25.6 Å². The van der Waals surface area contributed by atoms with E-state index in [0.29, 0.717) is 34.8 Å². The number of anilines is 4. The van der Waals surface area contributed by atoms with Gasteiger partial charge in [0, 0.05) is 25.2 Å². The number of ether oxygens (including phenoxy) is 2. The number of hydrogen-bond donors (Lipinski definition) is 4. The second kappa shape index (κ2) is 13.8. The summed E-state index contributed by atoms with van der Waals surface area (Å²) in [5.41, 5.74) is 13.0. The van der Waals surface area contributed by atoms with Crippen LogP contribution in [0, 0.1) is 0 Å². The van der Waals surface area contributed by atoms with Crippen LogP contribution < -0.4 is 31.6 Å². The number of nitrogens with one attached hydrogen (secondary N) is 2. The van der Waals surface area contributed by atoms with Crippen LogP contribution in [-0.4, -0.2) is 37.3 Å². The fourth-order valence-corrected chi connectivity index (χ4v) is 2.43. The molecular formula is C18H30Cl2N6O2. The van der Waals surface area contributed by atoms with E-state index in [1.54, 1.807) is 38.5 Å². The predicted octanol–water partition coefficient (Wildman–Crippen LogP) is 3.59. The summed E-state index contributed by atoms with van der Waals surface area (Å²) in [6.45, 7) is 1.64. The third-order valence-electron chi connectivity index (χ3n) is 3.91. The van der Waals surface area contributed by atoms with Crippen molar-refractivity contribution >= 4 is 47.8 Å². The van der Waals surface area contributed by atoms with Crippen molar-refractivity contribution in [2.75, 3.05) is 49.4 Å². The standard InChI is InChI=1S/C18H28N6O2.2ClH/c1-25-15-9-7-13(19)17(23-15)21-11-5-3-4-6-12-22-18-14(20)8-10-16(24-18)26-2;;/h7-10H,3-6,11-12,19-20H2,1-2H3,(H,21,23)(H,22,24);2*1H. The topological polar surface area (TPSA) is 120 Å². The Balaban J connectivity index is 0.00000364. The minimum atomic E-state index is 0. The van der Waals surface area contributed by atoms with Crippen LogP contribution in [-0.2, 0) is 0 Å². The summed E-state index contributed by atoms with van der Waals surface area (Å²) < 4.78 is 10.2. The van der Waals surface area contributed by atoms with Gasteiger partial charge in [-0.25, -0.2) is 0 Å². The van der Waals surface area contributed by atoms with Crippen molar-refractivity contribution in [3.8, 4) is 11.8 Å². The van der Waals surface area contributed by atoms with Crippen LogP contribution in [0.4, 0.5) is 23.0 Å². The average Bonchev–Trinajstić information content (AvgIpc) is 2.66. The van der Waals surface area contributed by atoms with Gasteiger partial charge in [-0.05, 0) is 25.0 Å². The van der Waals surface area contributed by atoms with Crippen LogP contribution >= 0.6 is 24.8 Å². The van der Waals surface area contributed by atoms with Crippen LogP contribution in [0.3, 0.4) is 0 Å². The Morgan fingerprint density at radius 3 is 1.46 bits per heavy atom. The summed E-state index contributed by atoms with van der Waals surface area (Å²) in [6, 6.07) is 7.07. The van der Waals surface area contributed by atoms with E-state index in [1.807, 2.05) is 0 Å². The first-order valence-electron chi connectivity index (χ1n) is 8.72. The third kappa shape index (κ3) is 8.14. The quantitative estimate of drug-likeness (QED) is 0.397. The van der Waals surface area contributed by atoms with Gasteiger partial charge in [0.1, 0.15) is 0 Å². The van der Waals surface area contributed by atoms with Crippen LogP contribution in [0.5, 0.6) is 11.8 Å². The molecule has 0 aromatic carbocycles. The summed E-state index contributed by atoms with van der Waals surface area (Å²) in [6.07, 6.45) is 4.30. The molecule has 6 N–H and O–H groups in total. The molecule has 0 amide bonds. The Kier molecular flexibility index (Phi) is 12.6. The van der Waals surface area contributed by atoms with Gasteiger partial charge in [0.15, 0.2) is 11.6 Å². The number of nitrogens with two attached hydrogens (primary N) is 2. The van der Waals surface area contributed by atoms with Crippen molar-refractivity contribution in [2.24, 2.45) is 0 Å². The Labute approximate surface area is 178 Å². The van der Waals surface area contributed by atoms with Gasteiger partial charge in [-0.1, -0.05) is 12.8 Å². The van der Waals surface area contributed by atoms with E-state index in [0.717, 1.165) is 38.8 Å². The first-order valence-corrected chi connectivity index (χ1v) is 8.72. The molecule has 0 aliphatic carbocycles. The van der Waals surface area contributed by atoms with Gasteiger partial charge >= 0.3 is 0 Å². The summed E-state index contributed by atoms with van der Waals surface area (Å²) in [5.74, 6) is 2.45. The first-order chi connectivity index (χ1) is 12.6. The number of nitrogen functional groups attached to an aromatic ring is 2. The molecule has 2 rings (SSSR count). The SMILES string of the molecule is COc1ccc(N)c(NCCCCCCNc2nc(OC)ccc2N)n1.Cl.Cl. The Morgan fingerprint density at radius 2 is 1.11 bits per heavy atom. The number of unbranched alkanes of at least 4 members (excludes halogenated alkanes) is 3. The molecule has 10 heteroatoms. The van der Waals surface area contributed by atoms with Crippen LogP contribution in [0.1, 0.15) is 25.7 Å².